The van der Waals surface area contributed by atoms with Crippen molar-refractivity contribution in [2.75, 3.05) is 26.0 Å². The van der Waals surface area contributed by atoms with E-state index >= 15 is 0 Å². The number of rotatable bonds is 8. The monoisotopic (exact) mass is 464 g/mol. The fourth-order valence-corrected chi connectivity index (χ4v) is 4.91. The maximum atomic E-state index is 12.6. The van der Waals surface area contributed by atoms with Crippen molar-refractivity contribution >= 4 is 51.6 Å². The minimum atomic E-state index is -0.513. The summed E-state index contributed by atoms with van der Waals surface area (Å²) in [5, 5.41) is 0.512. The van der Waals surface area contributed by atoms with Crippen LogP contribution in [0, 0.1) is 0 Å². The van der Waals surface area contributed by atoms with Crippen LogP contribution in [0.4, 0.5) is 0 Å². The zero-order valence-electron chi connectivity index (χ0n) is 16.7. The van der Waals surface area contributed by atoms with E-state index in [9.17, 15) is 9.59 Å². The van der Waals surface area contributed by atoms with E-state index in [0.29, 0.717) is 14.3 Å². The van der Waals surface area contributed by atoms with E-state index in [1.165, 1.54) is 34.9 Å². The van der Waals surface area contributed by atoms with E-state index in [-0.39, 0.29) is 31.1 Å². The molecule has 0 saturated heterocycles. The number of benzene rings is 1. The molecule has 0 aliphatic rings. The maximum absolute atomic E-state index is 12.6. The smallest absolute Gasteiger partial charge is 0.360 e. The number of aromatic nitrogens is 3. The highest BCUT2D eigenvalue weighted by molar-refractivity contribution is 8.00. The fraction of sp³-hybridized carbons (Fsp3) is 0.316. The number of imidazole rings is 1. The molecule has 0 N–H and O–H groups in total. The summed E-state index contributed by atoms with van der Waals surface area (Å²) in [7, 11) is 0. The minimum absolute atomic E-state index is 0.180. The third-order valence-corrected chi connectivity index (χ3v) is 6.62. The molecule has 3 rings (SSSR count). The normalized spacial score (nSPS) is 11.6. The van der Waals surface area contributed by atoms with E-state index in [0.717, 1.165) is 4.90 Å². The molecule has 0 bridgehead atoms. The quantitative estimate of drug-likeness (QED) is 0.370. The molecule has 0 aliphatic heterocycles. The molecule has 1 aromatic carbocycles. The van der Waals surface area contributed by atoms with Crippen LogP contribution in [0.1, 0.15) is 24.3 Å². The van der Waals surface area contributed by atoms with Gasteiger partial charge in [0.25, 0.3) is 0 Å². The van der Waals surface area contributed by atoms with Crippen molar-refractivity contribution in [1.82, 2.24) is 14.4 Å². The van der Waals surface area contributed by atoms with Crippen LogP contribution in [0.2, 0.25) is 0 Å². The first-order valence-corrected chi connectivity index (χ1v) is 12.0. The fourth-order valence-electron chi connectivity index (χ4n) is 2.42. The van der Waals surface area contributed by atoms with E-state index in [1.807, 2.05) is 36.6 Å². The first-order valence-electron chi connectivity index (χ1n) is 9.11. The van der Waals surface area contributed by atoms with Crippen LogP contribution in [0.25, 0.3) is 4.83 Å². The summed E-state index contributed by atoms with van der Waals surface area (Å²) >= 11 is 4.11. The van der Waals surface area contributed by atoms with Gasteiger partial charge in [-0.15, -0.1) is 0 Å². The highest BCUT2D eigenvalue weighted by Crippen LogP contribution is 2.31. The Hall–Kier alpha value is -2.37. The Labute approximate surface area is 185 Å². The predicted octanol–water partition coefficient (Wildman–Crippen LogP) is 3.30. The third-order valence-electron chi connectivity index (χ3n) is 3.63. The average molecular weight is 465 g/mol. The molecule has 0 radical (unpaired) electrons. The van der Waals surface area contributed by atoms with Gasteiger partial charge < -0.3 is 9.47 Å². The molecule has 0 aliphatic carbocycles. The highest BCUT2D eigenvalue weighted by atomic mass is 32.2. The van der Waals surface area contributed by atoms with Gasteiger partial charge in [0.1, 0.15) is 11.4 Å². The van der Waals surface area contributed by atoms with Gasteiger partial charge in [0, 0.05) is 4.90 Å². The standard InChI is InChI=1S/C19H20N4O4S3/c1-4-26-13(24)11-20-17-22-19(28-3)30-15-14(16(25)27-5-2)21-18(23(15)17)29-12-9-7-6-8-10-12/h6-10H,4-5,11H2,1-3H3. The largest absolute Gasteiger partial charge is 0.465 e. The van der Waals surface area contributed by atoms with Gasteiger partial charge in [-0.05, 0) is 32.2 Å². The number of thioether (sulfide) groups is 1. The van der Waals surface area contributed by atoms with Crippen molar-refractivity contribution in [3.63, 3.8) is 0 Å². The average Bonchev–Trinajstić information content (AvgIpc) is 3.11. The first kappa shape index (κ1) is 22.3. The van der Waals surface area contributed by atoms with Crippen LogP contribution < -0.4 is 5.62 Å². The second-order valence-corrected chi connectivity index (χ2v) is 8.70. The van der Waals surface area contributed by atoms with Crippen LogP contribution in [0.15, 0.2) is 49.7 Å². The molecule has 0 spiro atoms. The Kier molecular flexibility index (Phi) is 7.88. The number of carbonyl (C=O) groups is 2. The molecule has 0 atom stereocenters. The SMILES string of the molecule is CCOC(=O)CN=c1nc(SC)sc2c(C(=O)OCC)nc(Sc3ccccc3)n12. The van der Waals surface area contributed by atoms with Crippen molar-refractivity contribution in [3.05, 3.63) is 41.6 Å². The molecule has 0 unspecified atom stereocenters. The molecule has 2 heterocycles. The summed E-state index contributed by atoms with van der Waals surface area (Å²) < 4.78 is 12.5. The lowest BCUT2D eigenvalue weighted by Crippen LogP contribution is -2.22. The number of nitrogens with zero attached hydrogens (tertiary/aromatic N) is 4. The van der Waals surface area contributed by atoms with Crippen LogP contribution in [-0.2, 0) is 14.3 Å². The summed E-state index contributed by atoms with van der Waals surface area (Å²) in [6, 6.07) is 9.65. The lowest BCUT2D eigenvalue weighted by Gasteiger charge is -2.04. The second-order valence-electron chi connectivity index (χ2n) is 5.62. The molecule has 11 heteroatoms. The molecular formula is C19H20N4O4S3. The highest BCUT2D eigenvalue weighted by Gasteiger charge is 2.22. The summed E-state index contributed by atoms with van der Waals surface area (Å²) in [5.41, 5.74) is 0.480. The van der Waals surface area contributed by atoms with Crippen LogP contribution in [-0.4, -0.2) is 52.3 Å². The molecule has 2 aromatic heterocycles. The van der Waals surface area contributed by atoms with Gasteiger partial charge >= 0.3 is 11.9 Å². The summed E-state index contributed by atoms with van der Waals surface area (Å²) in [6.07, 6.45) is 1.88. The molecule has 0 saturated carbocycles. The molecule has 30 heavy (non-hydrogen) atoms. The molecule has 3 aromatic rings. The second kappa shape index (κ2) is 10.6. The zero-order valence-corrected chi connectivity index (χ0v) is 19.1. The van der Waals surface area contributed by atoms with Crippen LogP contribution in [0.3, 0.4) is 0 Å². The maximum Gasteiger partial charge on any atom is 0.360 e. The Morgan fingerprint density at radius 3 is 2.53 bits per heavy atom. The summed E-state index contributed by atoms with van der Waals surface area (Å²) in [5.74, 6) is -0.963. The van der Waals surface area contributed by atoms with Crippen LogP contribution >= 0.6 is 34.9 Å². The van der Waals surface area contributed by atoms with Gasteiger partial charge in [0.2, 0.25) is 5.62 Å². The molecule has 0 fully saturated rings. The molecule has 8 nitrogen and oxygen atoms in total. The van der Waals surface area contributed by atoms with Crippen molar-refractivity contribution in [2.24, 2.45) is 4.99 Å². The van der Waals surface area contributed by atoms with E-state index in [2.05, 4.69) is 15.0 Å². The van der Waals surface area contributed by atoms with E-state index in [1.54, 1.807) is 18.2 Å². The van der Waals surface area contributed by atoms with Gasteiger partial charge in [-0.2, -0.15) is 4.98 Å². The first-order chi connectivity index (χ1) is 14.6. The summed E-state index contributed by atoms with van der Waals surface area (Å²) in [6.45, 7) is 3.82. The van der Waals surface area contributed by atoms with Crippen molar-refractivity contribution in [3.8, 4) is 0 Å². The van der Waals surface area contributed by atoms with Gasteiger partial charge in [0.05, 0.1) is 13.2 Å². The van der Waals surface area contributed by atoms with Crippen molar-refractivity contribution in [1.29, 1.82) is 0 Å². The van der Waals surface area contributed by atoms with Gasteiger partial charge in [-0.25, -0.2) is 19.2 Å². The number of carbonyl (C=O) groups excluding carboxylic acids is 2. The lowest BCUT2D eigenvalue weighted by molar-refractivity contribution is -0.141. The number of fused-ring (bicyclic) bond motifs is 1. The zero-order chi connectivity index (χ0) is 21.5. The topological polar surface area (TPSA) is 95.2 Å². The van der Waals surface area contributed by atoms with Crippen molar-refractivity contribution in [2.45, 2.75) is 28.2 Å². The third kappa shape index (κ3) is 5.21. The van der Waals surface area contributed by atoms with Crippen LogP contribution in [0.5, 0.6) is 0 Å². The van der Waals surface area contributed by atoms with E-state index < -0.39 is 11.9 Å². The van der Waals surface area contributed by atoms with Crippen molar-refractivity contribution < 1.29 is 19.1 Å². The number of hydrogen-bond acceptors (Lipinski definition) is 10. The lowest BCUT2D eigenvalue weighted by atomic mass is 10.4. The van der Waals surface area contributed by atoms with Gasteiger partial charge in [-0.3, -0.25) is 4.79 Å². The van der Waals surface area contributed by atoms with Gasteiger partial charge in [-0.1, -0.05) is 53.1 Å². The summed E-state index contributed by atoms with van der Waals surface area (Å²) in [4.78, 5) is 39.3. The Morgan fingerprint density at radius 2 is 1.87 bits per heavy atom. The Balaban J connectivity index is 2.21. The Bertz CT molecular complexity index is 1110. The number of ether oxygens (including phenoxy) is 2. The van der Waals surface area contributed by atoms with Gasteiger partial charge in [0.15, 0.2) is 15.2 Å². The number of hydrogen-bond donors (Lipinski definition) is 0. The molecule has 0 amide bonds. The Morgan fingerprint density at radius 1 is 1.13 bits per heavy atom. The van der Waals surface area contributed by atoms with E-state index in [4.69, 9.17) is 9.47 Å². The number of esters is 2. The molecular weight excluding hydrogens is 444 g/mol. The minimum Gasteiger partial charge on any atom is -0.465 e. The predicted molar refractivity (Wildman–Crippen MR) is 116 cm³/mol. The molecule has 158 valence electrons.